The fourth-order valence-electron chi connectivity index (χ4n) is 1.36. The number of anilines is 1. The molecule has 2 aromatic rings. The number of non-ortho nitro benzene ring substituents is 1. The maximum atomic E-state index is 10.6. The number of nitro benzene ring substituents is 1. The Labute approximate surface area is 111 Å². The molecule has 0 aliphatic heterocycles. The van der Waals surface area contributed by atoms with Gasteiger partial charge < -0.3 is 5.32 Å². The molecule has 17 heavy (non-hydrogen) atoms. The molecule has 1 aromatic carbocycles. The van der Waals surface area contributed by atoms with Crippen molar-refractivity contribution in [2.75, 3.05) is 5.32 Å². The van der Waals surface area contributed by atoms with Crippen LogP contribution in [0.1, 0.15) is 5.56 Å². The fraction of sp³-hybridized carbons (Fsp3) is 0.0909. The van der Waals surface area contributed by atoms with Crippen LogP contribution in [0.5, 0.6) is 0 Å². The molecule has 6 heteroatoms. The molecule has 0 aliphatic carbocycles. The van der Waals surface area contributed by atoms with Crippen molar-refractivity contribution in [2.45, 2.75) is 6.54 Å². The average molecular weight is 313 g/mol. The van der Waals surface area contributed by atoms with Crippen molar-refractivity contribution in [1.29, 1.82) is 0 Å². The van der Waals surface area contributed by atoms with Crippen molar-refractivity contribution in [3.05, 3.63) is 55.2 Å². The van der Waals surface area contributed by atoms with Crippen molar-refractivity contribution < 1.29 is 4.92 Å². The first kappa shape index (κ1) is 12.1. The normalized spacial score (nSPS) is 10.2. The van der Waals surface area contributed by atoms with Crippen molar-refractivity contribution >= 4 is 38.6 Å². The standard InChI is InChI=1S/C11H9BrN2O2S/c12-11-5-10(14(15)16)2-1-8(11)6-13-9-3-4-17-7-9/h1-5,7,13H,6H2. The molecule has 0 spiro atoms. The zero-order chi connectivity index (χ0) is 12.3. The van der Waals surface area contributed by atoms with E-state index in [1.807, 2.05) is 16.8 Å². The van der Waals surface area contributed by atoms with Gasteiger partial charge >= 0.3 is 0 Å². The Hall–Kier alpha value is -1.40. The lowest BCUT2D eigenvalue weighted by Crippen LogP contribution is -1.99. The Morgan fingerprint density at radius 2 is 2.24 bits per heavy atom. The van der Waals surface area contributed by atoms with E-state index in [4.69, 9.17) is 0 Å². The minimum Gasteiger partial charge on any atom is -0.380 e. The summed E-state index contributed by atoms with van der Waals surface area (Å²) in [6.45, 7) is 0.634. The first-order valence-corrected chi connectivity index (χ1v) is 6.59. The number of nitrogens with zero attached hydrogens (tertiary/aromatic N) is 1. The molecule has 1 heterocycles. The summed E-state index contributed by atoms with van der Waals surface area (Å²) in [5, 5.41) is 17.8. The van der Waals surface area contributed by atoms with Gasteiger partial charge in [0.05, 0.1) is 4.92 Å². The van der Waals surface area contributed by atoms with Gasteiger partial charge in [-0.1, -0.05) is 15.9 Å². The Balaban J connectivity index is 2.09. The molecule has 0 atom stereocenters. The van der Waals surface area contributed by atoms with Crippen molar-refractivity contribution in [2.24, 2.45) is 0 Å². The lowest BCUT2D eigenvalue weighted by Gasteiger charge is -2.06. The van der Waals surface area contributed by atoms with Crippen molar-refractivity contribution in [3.8, 4) is 0 Å². The SMILES string of the molecule is O=[N+]([O-])c1ccc(CNc2ccsc2)c(Br)c1. The molecule has 0 unspecified atom stereocenters. The van der Waals surface area contributed by atoms with Crippen LogP contribution in [0, 0.1) is 10.1 Å². The van der Waals surface area contributed by atoms with Crippen LogP contribution in [0.2, 0.25) is 0 Å². The number of halogens is 1. The number of rotatable bonds is 4. The van der Waals surface area contributed by atoms with Crippen LogP contribution in [0.4, 0.5) is 11.4 Å². The molecular formula is C11H9BrN2O2S. The van der Waals surface area contributed by atoms with Crippen LogP contribution in [0.25, 0.3) is 0 Å². The third-order valence-corrected chi connectivity index (χ3v) is 3.67. The van der Waals surface area contributed by atoms with Crippen LogP contribution in [-0.4, -0.2) is 4.92 Å². The average Bonchev–Trinajstić information content (AvgIpc) is 2.80. The van der Waals surface area contributed by atoms with Crippen LogP contribution in [0.15, 0.2) is 39.5 Å². The lowest BCUT2D eigenvalue weighted by atomic mass is 10.2. The maximum absolute atomic E-state index is 10.6. The van der Waals surface area contributed by atoms with Gasteiger partial charge in [-0.05, 0) is 23.1 Å². The van der Waals surface area contributed by atoms with E-state index in [0.29, 0.717) is 6.54 Å². The molecule has 0 amide bonds. The molecule has 2 rings (SSSR count). The molecule has 0 aliphatic rings. The quantitative estimate of drug-likeness (QED) is 0.685. The van der Waals surface area contributed by atoms with Crippen molar-refractivity contribution in [1.82, 2.24) is 0 Å². The van der Waals surface area contributed by atoms with E-state index < -0.39 is 4.92 Å². The van der Waals surface area contributed by atoms with E-state index in [2.05, 4.69) is 21.2 Å². The van der Waals surface area contributed by atoms with E-state index >= 15 is 0 Å². The Bertz CT molecular complexity index is 528. The summed E-state index contributed by atoms with van der Waals surface area (Å²) in [5.74, 6) is 0. The third-order valence-electron chi connectivity index (χ3n) is 2.25. The number of hydrogen-bond acceptors (Lipinski definition) is 4. The van der Waals surface area contributed by atoms with Gasteiger partial charge in [0.15, 0.2) is 0 Å². The number of benzene rings is 1. The Kier molecular flexibility index (Phi) is 3.75. The second kappa shape index (κ2) is 5.29. The first-order valence-electron chi connectivity index (χ1n) is 4.85. The lowest BCUT2D eigenvalue weighted by molar-refractivity contribution is -0.384. The van der Waals surface area contributed by atoms with Gasteiger partial charge in [0, 0.05) is 34.2 Å². The van der Waals surface area contributed by atoms with E-state index in [1.54, 1.807) is 17.4 Å². The molecule has 0 saturated heterocycles. The van der Waals surface area contributed by atoms with Gasteiger partial charge in [0.2, 0.25) is 0 Å². The number of nitrogens with one attached hydrogen (secondary N) is 1. The van der Waals surface area contributed by atoms with Gasteiger partial charge in [0.25, 0.3) is 5.69 Å². The van der Waals surface area contributed by atoms with Crippen LogP contribution < -0.4 is 5.32 Å². The summed E-state index contributed by atoms with van der Waals surface area (Å²) < 4.78 is 0.745. The molecule has 0 bridgehead atoms. The zero-order valence-electron chi connectivity index (χ0n) is 8.72. The number of nitro groups is 1. The van der Waals surface area contributed by atoms with E-state index in [1.165, 1.54) is 12.1 Å². The van der Waals surface area contributed by atoms with Gasteiger partial charge in [-0.2, -0.15) is 11.3 Å². The zero-order valence-corrected chi connectivity index (χ0v) is 11.1. The molecular weight excluding hydrogens is 304 g/mol. The molecule has 1 N–H and O–H groups in total. The summed E-state index contributed by atoms with van der Waals surface area (Å²) in [5.41, 5.74) is 2.14. The topological polar surface area (TPSA) is 55.2 Å². The van der Waals surface area contributed by atoms with Gasteiger partial charge in [-0.15, -0.1) is 0 Å². The first-order chi connectivity index (χ1) is 8.16. The van der Waals surface area contributed by atoms with Crippen LogP contribution in [0.3, 0.4) is 0 Å². The van der Waals surface area contributed by atoms with Crippen LogP contribution in [-0.2, 0) is 6.54 Å². The summed E-state index contributed by atoms with van der Waals surface area (Å²) in [4.78, 5) is 10.2. The van der Waals surface area contributed by atoms with E-state index in [0.717, 1.165) is 15.7 Å². The van der Waals surface area contributed by atoms with Gasteiger partial charge in [0.1, 0.15) is 0 Å². The summed E-state index contributed by atoms with van der Waals surface area (Å²) >= 11 is 4.96. The van der Waals surface area contributed by atoms with Gasteiger partial charge in [-0.3, -0.25) is 10.1 Å². The second-order valence-corrected chi connectivity index (χ2v) is 5.03. The minimum absolute atomic E-state index is 0.0937. The molecule has 1 aromatic heterocycles. The molecule has 4 nitrogen and oxygen atoms in total. The van der Waals surface area contributed by atoms with E-state index in [-0.39, 0.29) is 5.69 Å². The predicted molar refractivity (Wildman–Crippen MR) is 72.4 cm³/mol. The Morgan fingerprint density at radius 3 is 2.82 bits per heavy atom. The fourth-order valence-corrected chi connectivity index (χ4v) is 2.47. The largest absolute Gasteiger partial charge is 0.380 e. The summed E-state index contributed by atoms with van der Waals surface area (Å²) in [6, 6.07) is 6.77. The maximum Gasteiger partial charge on any atom is 0.270 e. The summed E-state index contributed by atoms with van der Waals surface area (Å²) in [6.07, 6.45) is 0. The number of hydrogen-bond donors (Lipinski definition) is 1. The van der Waals surface area contributed by atoms with E-state index in [9.17, 15) is 10.1 Å². The Morgan fingerprint density at radius 1 is 1.41 bits per heavy atom. The highest BCUT2D eigenvalue weighted by Gasteiger charge is 2.08. The molecule has 0 fully saturated rings. The van der Waals surface area contributed by atoms with Crippen LogP contribution >= 0.6 is 27.3 Å². The monoisotopic (exact) mass is 312 g/mol. The molecule has 0 radical (unpaired) electrons. The number of thiophene rings is 1. The van der Waals surface area contributed by atoms with Gasteiger partial charge in [-0.25, -0.2) is 0 Å². The minimum atomic E-state index is -0.402. The molecule has 88 valence electrons. The third kappa shape index (κ3) is 3.04. The van der Waals surface area contributed by atoms with Crippen molar-refractivity contribution in [3.63, 3.8) is 0 Å². The highest BCUT2D eigenvalue weighted by molar-refractivity contribution is 9.10. The summed E-state index contributed by atoms with van der Waals surface area (Å²) in [7, 11) is 0. The molecule has 0 saturated carbocycles. The predicted octanol–water partition coefficient (Wildman–Crippen LogP) is 4.03. The highest BCUT2D eigenvalue weighted by atomic mass is 79.9. The second-order valence-electron chi connectivity index (χ2n) is 3.40. The highest BCUT2D eigenvalue weighted by Crippen LogP contribution is 2.24. The smallest absolute Gasteiger partial charge is 0.270 e.